The van der Waals surface area contributed by atoms with E-state index in [9.17, 15) is 9.59 Å². The molecule has 0 aliphatic heterocycles. The van der Waals surface area contributed by atoms with E-state index in [4.69, 9.17) is 5.11 Å². The molecule has 0 unspecified atom stereocenters. The number of rotatable bonds is 16. The standard InChI is InChI=1S/C20H40N2O3/c1-5-6-7-8-9-10-11-12-13-14-15-16-22(3,4)18-19(23)21(2)17-20(24)25/h5-18H2,1-4H3/p+1. The quantitative estimate of drug-likeness (QED) is 0.336. The van der Waals surface area contributed by atoms with Crippen LogP contribution < -0.4 is 0 Å². The van der Waals surface area contributed by atoms with Crippen LogP contribution in [-0.2, 0) is 9.59 Å². The van der Waals surface area contributed by atoms with Crippen LogP contribution in [0.2, 0.25) is 0 Å². The zero-order valence-electron chi connectivity index (χ0n) is 17.1. The van der Waals surface area contributed by atoms with E-state index >= 15 is 0 Å². The maximum Gasteiger partial charge on any atom is 0.323 e. The maximum atomic E-state index is 12.0. The van der Waals surface area contributed by atoms with Gasteiger partial charge in [-0.25, -0.2) is 0 Å². The number of carbonyl (C=O) groups is 2. The lowest BCUT2D eigenvalue weighted by Gasteiger charge is -2.30. The van der Waals surface area contributed by atoms with Gasteiger partial charge in [0.15, 0.2) is 6.54 Å². The smallest absolute Gasteiger partial charge is 0.323 e. The summed E-state index contributed by atoms with van der Waals surface area (Å²) >= 11 is 0. The summed E-state index contributed by atoms with van der Waals surface area (Å²) in [5.74, 6) is -1.07. The van der Waals surface area contributed by atoms with E-state index in [0.29, 0.717) is 11.0 Å². The molecule has 5 nitrogen and oxygen atoms in total. The Hall–Kier alpha value is -1.10. The Bertz CT molecular complexity index is 370. The molecule has 0 heterocycles. The molecule has 0 saturated heterocycles. The number of carbonyl (C=O) groups excluding carboxylic acids is 1. The Balaban J connectivity index is 3.65. The highest BCUT2D eigenvalue weighted by atomic mass is 16.4. The Morgan fingerprint density at radius 2 is 1.28 bits per heavy atom. The van der Waals surface area contributed by atoms with Crippen LogP contribution in [0.3, 0.4) is 0 Å². The first-order valence-corrected chi connectivity index (χ1v) is 10.1. The Kier molecular flexibility index (Phi) is 13.5. The predicted molar refractivity (Wildman–Crippen MR) is 104 cm³/mol. The van der Waals surface area contributed by atoms with Crippen molar-refractivity contribution >= 4 is 11.9 Å². The van der Waals surface area contributed by atoms with Gasteiger partial charge in [0.2, 0.25) is 0 Å². The number of amides is 1. The summed E-state index contributed by atoms with van der Waals surface area (Å²) < 4.78 is 0.625. The second kappa shape index (κ2) is 14.1. The van der Waals surface area contributed by atoms with Crippen molar-refractivity contribution in [1.29, 1.82) is 0 Å². The molecule has 0 spiro atoms. The monoisotopic (exact) mass is 357 g/mol. The fourth-order valence-corrected chi connectivity index (χ4v) is 3.06. The van der Waals surface area contributed by atoms with Crippen LogP contribution >= 0.6 is 0 Å². The number of unbranched alkanes of at least 4 members (excludes halogenated alkanes) is 10. The second-order valence-electron chi connectivity index (χ2n) is 8.00. The molecular formula is C20H41N2O3+. The molecule has 0 saturated carbocycles. The molecular weight excluding hydrogens is 316 g/mol. The zero-order chi connectivity index (χ0) is 19.1. The van der Waals surface area contributed by atoms with Gasteiger partial charge >= 0.3 is 5.97 Å². The summed E-state index contributed by atoms with van der Waals surface area (Å²) in [5, 5.41) is 8.75. The number of carboxylic acid groups (broad SMARTS) is 1. The highest BCUT2D eigenvalue weighted by molar-refractivity contribution is 5.81. The molecule has 0 atom stereocenters. The summed E-state index contributed by atoms with van der Waals surface area (Å²) in [6.07, 6.45) is 14.5. The summed E-state index contributed by atoms with van der Waals surface area (Å²) in [4.78, 5) is 24.0. The van der Waals surface area contributed by atoms with Gasteiger partial charge in [0, 0.05) is 7.05 Å². The third-order valence-electron chi connectivity index (χ3n) is 4.73. The van der Waals surface area contributed by atoms with Crippen LogP contribution in [0.4, 0.5) is 0 Å². The first kappa shape index (κ1) is 23.9. The van der Waals surface area contributed by atoms with Crippen LogP contribution in [-0.4, -0.2) is 67.1 Å². The first-order valence-electron chi connectivity index (χ1n) is 10.1. The molecule has 0 rings (SSSR count). The van der Waals surface area contributed by atoms with E-state index in [1.807, 2.05) is 14.1 Å². The van der Waals surface area contributed by atoms with Crippen molar-refractivity contribution in [3.05, 3.63) is 0 Å². The van der Waals surface area contributed by atoms with Gasteiger partial charge in [-0.3, -0.25) is 9.59 Å². The second-order valence-corrected chi connectivity index (χ2v) is 8.00. The number of aliphatic carboxylic acids is 1. The number of carboxylic acids is 1. The van der Waals surface area contributed by atoms with Crippen molar-refractivity contribution in [1.82, 2.24) is 4.90 Å². The van der Waals surface area contributed by atoms with Gasteiger partial charge in [-0.2, -0.15) is 0 Å². The van der Waals surface area contributed by atoms with Gasteiger partial charge in [0.25, 0.3) is 5.91 Å². The lowest BCUT2D eigenvalue weighted by atomic mass is 10.1. The maximum absolute atomic E-state index is 12.0. The zero-order valence-corrected chi connectivity index (χ0v) is 17.1. The van der Waals surface area contributed by atoms with Gasteiger partial charge in [0.1, 0.15) is 6.54 Å². The molecule has 1 amide bonds. The van der Waals surface area contributed by atoms with Crippen molar-refractivity contribution in [2.75, 3.05) is 40.8 Å². The number of hydrogen-bond donors (Lipinski definition) is 1. The molecule has 0 aromatic rings. The summed E-state index contributed by atoms with van der Waals surface area (Å²) in [6, 6.07) is 0. The minimum Gasteiger partial charge on any atom is -0.480 e. The lowest BCUT2D eigenvalue weighted by molar-refractivity contribution is -0.882. The average Bonchev–Trinajstić information content (AvgIpc) is 2.51. The van der Waals surface area contributed by atoms with Crippen LogP contribution in [0.1, 0.15) is 77.6 Å². The third kappa shape index (κ3) is 14.9. The minimum atomic E-state index is -0.966. The van der Waals surface area contributed by atoms with Gasteiger partial charge in [-0.1, -0.05) is 64.7 Å². The fraction of sp³-hybridized carbons (Fsp3) is 0.900. The molecule has 0 bridgehead atoms. The summed E-state index contributed by atoms with van der Waals surface area (Å²) in [7, 11) is 5.64. The molecule has 25 heavy (non-hydrogen) atoms. The molecule has 0 aliphatic carbocycles. The molecule has 5 heteroatoms. The first-order chi connectivity index (χ1) is 11.8. The van der Waals surface area contributed by atoms with E-state index < -0.39 is 5.97 Å². The highest BCUT2D eigenvalue weighted by Crippen LogP contribution is 2.12. The average molecular weight is 358 g/mol. The molecule has 1 N–H and O–H groups in total. The molecule has 0 fully saturated rings. The Morgan fingerprint density at radius 3 is 1.72 bits per heavy atom. The Labute approximate surface area is 155 Å². The Morgan fingerprint density at radius 1 is 0.840 bits per heavy atom. The predicted octanol–water partition coefficient (Wildman–Crippen LogP) is 3.92. The van der Waals surface area contributed by atoms with E-state index in [1.165, 1.54) is 69.1 Å². The molecule has 148 valence electrons. The molecule has 0 aromatic heterocycles. The van der Waals surface area contributed by atoms with Crippen LogP contribution in [0.15, 0.2) is 0 Å². The van der Waals surface area contributed by atoms with Crippen LogP contribution in [0.5, 0.6) is 0 Å². The van der Waals surface area contributed by atoms with E-state index in [-0.39, 0.29) is 12.5 Å². The summed E-state index contributed by atoms with van der Waals surface area (Å²) in [6.45, 7) is 3.35. The lowest BCUT2D eigenvalue weighted by Crippen LogP contribution is -2.49. The third-order valence-corrected chi connectivity index (χ3v) is 4.73. The van der Waals surface area contributed by atoms with Crippen molar-refractivity contribution in [2.45, 2.75) is 77.6 Å². The van der Waals surface area contributed by atoms with E-state index in [1.54, 1.807) is 7.05 Å². The molecule has 0 aliphatic rings. The van der Waals surface area contributed by atoms with E-state index in [0.717, 1.165) is 13.0 Å². The fourth-order valence-electron chi connectivity index (χ4n) is 3.06. The van der Waals surface area contributed by atoms with Gasteiger partial charge < -0.3 is 14.5 Å². The van der Waals surface area contributed by atoms with Crippen molar-refractivity contribution in [3.63, 3.8) is 0 Å². The van der Waals surface area contributed by atoms with Gasteiger partial charge in [-0.05, 0) is 12.8 Å². The van der Waals surface area contributed by atoms with Gasteiger partial charge in [0.05, 0.1) is 20.6 Å². The largest absolute Gasteiger partial charge is 0.480 e. The number of likely N-dealkylation sites (N-methyl/N-ethyl adjacent to an activating group) is 2. The van der Waals surface area contributed by atoms with Crippen molar-refractivity contribution in [3.8, 4) is 0 Å². The van der Waals surface area contributed by atoms with Crippen molar-refractivity contribution < 1.29 is 19.2 Å². The number of nitrogens with zero attached hydrogens (tertiary/aromatic N) is 2. The minimum absolute atomic E-state index is 0.101. The van der Waals surface area contributed by atoms with Crippen LogP contribution in [0.25, 0.3) is 0 Å². The topological polar surface area (TPSA) is 57.6 Å². The molecule has 0 radical (unpaired) electrons. The van der Waals surface area contributed by atoms with Crippen molar-refractivity contribution in [2.24, 2.45) is 0 Å². The van der Waals surface area contributed by atoms with Gasteiger partial charge in [-0.15, -0.1) is 0 Å². The molecule has 0 aromatic carbocycles. The van der Waals surface area contributed by atoms with E-state index in [2.05, 4.69) is 6.92 Å². The normalized spacial score (nSPS) is 11.5. The number of quaternary nitrogens is 1. The van der Waals surface area contributed by atoms with Crippen LogP contribution in [0, 0.1) is 0 Å². The highest BCUT2D eigenvalue weighted by Gasteiger charge is 2.23. The summed E-state index contributed by atoms with van der Waals surface area (Å²) in [5.41, 5.74) is 0. The number of hydrogen-bond acceptors (Lipinski definition) is 2. The SMILES string of the molecule is CCCCCCCCCCCCC[N+](C)(C)CC(=O)N(C)CC(=O)O.